The number of halogens is 5. The summed E-state index contributed by atoms with van der Waals surface area (Å²) >= 11 is 0. The number of ether oxygens (including phenoxy) is 1. The smallest absolute Gasteiger partial charge is 0.419 e. The van der Waals surface area contributed by atoms with Gasteiger partial charge in [0, 0.05) is 36.8 Å². The average molecular weight is 468 g/mol. The van der Waals surface area contributed by atoms with E-state index in [0.29, 0.717) is 37.2 Å². The third kappa shape index (κ3) is 3.40. The minimum absolute atomic E-state index is 0.142. The topological polar surface area (TPSA) is 63.4 Å². The number of aryl methyl sites for hydroxylation is 1. The Labute approximate surface area is 185 Å². The third-order valence-electron chi connectivity index (χ3n) is 6.67. The molecule has 1 saturated carbocycles. The monoisotopic (exact) mass is 468 g/mol. The van der Waals surface area contributed by atoms with Crippen molar-refractivity contribution in [3.63, 3.8) is 0 Å². The van der Waals surface area contributed by atoms with Gasteiger partial charge in [-0.1, -0.05) is 12.8 Å². The Bertz CT molecular complexity index is 1230. The molecule has 2 fully saturated rings. The number of alkyl halides is 3. The molecule has 2 aromatic heterocycles. The summed E-state index contributed by atoms with van der Waals surface area (Å²) in [5, 5.41) is 14.2. The fraction of sp³-hybridized carbons (Fsp3) is 0.455. The number of aromatic hydroxyl groups is 1. The van der Waals surface area contributed by atoms with E-state index in [1.54, 1.807) is 13.1 Å². The van der Waals surface area contributed by atoms with Gasteiger partial charge in [-0.05, 0) is 18.9 Å². The molecule has 0 radical (unpaired) electrons. The number of fused-ring (bicyclic) bond motifs is 1. The maximum atomic E-state index is 14.7. The van der Waals surface area contributed by atoms with Crippen molar-refractivity contribution >= 4 is 16.7 Å². The number of morpholine rings is 1. The van der Waals surface area contributed by atoms with Crippen LogP contribution in [0.15, 0.2) is 18.3 Å². The highest BCUT2D eigenvalue weighted by molar-refractivity contribution is 5.94. The molecule has 3 heterocycles. The number of pyridine rings is 1. The Balaban J connectivity index is 1.64. The number of nitrogens with zero attached hydrogens (tertiary/aromatic N) is 4. The number of hydrogen-bond donors (Lipinski definition) is 1. The van der Waals surface area contributed by atoms with Crippen LogP contribution in [-0.4, -0.2) is 45.2 Å². The summed E-state index contributed by atoms with van der Waals surface area (Å²) in [6, 6.07) is 2.10. The fourth-order valence-corrected chi connectivity index (χ4v) is 5.03. The molecule has 3 aromatic rings. The molecule has 1 N–H and O–H groups in total. The fourth-order valence-electron chi connectivity index (χ4n) is 5.03. The van der Waals surface area contributed by atoms with Crippen molar-refractivity contribution in [2.45, 2.75) is 37.4 Å². The normalized spacial score (nSPS) is 18.5. The van der Waals surface area contributed by atoms with E-state index >= 15 is 0 Å². The van der Waals surface area contributed by atoms with Crippen LogP contribution in [0, 0.1) is 11.6 Å². The number of phenolic OH excluding ortho intramolecular Hbond substituents is 1. The van der Waals surface area contributed by atoms with Gasteiger partial charge in [0.15, 0.2) is 17.4 Å². The highest BCUT2D eigenvalue weighted by atomic mass is 19.4. The summed E-state index contributed by atoms with van der Waals surface area (Å²) in [5.41, 5.74) is -2.21. The van der Waals surface area contributed by atoms with Gasteiger partial charge in [0.25, 0.3) is 0 Å². The second-order valence-corrected chi connectivity index (χ2v) is 8.61. The van der Waals surface area contributed by atoms with Gasteiger partial charge in [-0.15, -0.1) is 0 Å². The van der Waals surface area contributed by atoms with Crippen LogP contribution in [0.25, 0.3) is 22.2 Å². The van der Waals surface area contributed by atoms with E-state index in [1.807, 2.05) is 0 Å². The Kier molecular flexibility index (Phi) is 5.00. The number of phenols is 1. The van der Waals surface area contributed by atoms with Crippen molar-refractivity contribution in [1.82, 2.24) is 14.8 Å². The molecule has 0 amide bonds. The Morgan fingerprint density at radius 2 is 1.85 bits per heavy atom. The SMILES string of the molecule is Cn1nc(-c2cc(C(F)(F)F)c(F)c(O)c2F)c2cnc(N3CCOCC34CCCC4)cc21. The van der Waals surface area contributed by atoms with Crippen molar-refractivity contribution in [2.24, 2.45) is 7.05 Å². The van der Waals surface area contributed by atoms with E-state index in [1.165, 1.54) is 10.9 Å². The zero-order valence-electron chi connectivity index (χ0n) is 17.7. The molecule has 1 aliphatic carbocycles. The summed E-state index contributed by atoms with van der Waals surface area (Å²) in [7, 11) is 1.58. The van der Waals surface area contributed by atoms with Gasteiger partial charge in [-0.2, -0.15) is 18.3 Å². The maximum absolute atomic E-state index is 14.7. The zero-order valence-corrected chi connectivity index (χ0v) is 17.7. The van der Waals surface area contributed by atoms with E-state index in [2.05, 4.69) is 15.0 Å². The van der Waals surface area contributed by atoms with Gasteiger partial charge in [0.1, 0.15) is 11.5 Å². The molecule has 1 saturated heterocycles. The van der Waals surface area contributed by atoms with Crippen LogP contribution in [0.5, 0.6) is 5.75 Å². The minimum Gasteiger partial charge on any atom is -0.503 e. The molecule has 33 heavy (non-hydrogen) atoms. The molecule has 176 valence electrons. The summed E-state index contributed by atoms with van der Waals surface area (Å²) in [5.74, 6) is -4.58. The van der Waals surface area contributed by atoms with Gasteiger partial charge >= 0.3 is 6.18 Å². The molecule has 0 unspecified atom stereocenters. The first-order valence-electron chi connectivity index (χ1n) is 10.6. The molecular formula is C22H21F5N4O2. The van der Waals surface area contributed by atoms with Gasteiger partial charge in [-0.25, -0.2) is 13.8 Å². The van der Waals surface area contributed by atoms with Crippen molar-refractivity contribution in [3.8, 4) is 17.0 Å². The number of hydrogen-bond acceptors (Lipinski definition) is 5. The predicted molar refractivity (Wildman–Crippen MR) is 110 cm³/mol. The van der Waals surface area contributed by atoms with Crippen molar-refractivity contribution in [3.05, 3.63) is 35.5 Å². The lowest BCUT2D eigenvalue weighted by Gasteiger charge is -2.45. The highest BCUT2D eigenvalue weighted by Gasteiger charge is 2.43. The number of rotatable bonds is 2. The number of anilines is 1. The zero-order chi connectivity index (χ0) is 23.5. The number of benzene rings is 1. The summed E-state index contributed by atoms with van der Waals surface area (Å²) < 4.78 is 75.5. The number of aromatic nitrogens is 3. The van der Waals surface area contributed by atoms with Crippen molar-refractivity contribution in [2.75, 3.05) is 24.7 Å². The van der Waals surface area contributed by atoms with Crippen molar-refractivity contribution in [1.29, 1.82) is 0 Å². The summed E-state index contributed by atoms with van der Waals surface area (Å²) in [4.78, 5) is 6.74. The van der Waals surface area contributed by atoms with E-state index in [4.69, 9.17) is 4.74 Å². The summed E-state index contributed by atoms with van der Waals surface area (Å²) in [6.07, 6.45) is 0.442. The second kappa shape index (κ2) is 7.54. The van der Waals surface area contributed by atoms with Gasteiger partial charge in [-0.3, -0.25) is 4.68 Å². The Hall–Kier alpha value is -2.95. The maximum Gasteiger partial charge on any atom is 0.419 e. The molecular weight excluding hydrogens is 447 g/mol. The average Bonchev–Trinajstić information content (AvgIpc) is 3.36. The molecule has 1 aliphatic heterocycles. The van der Waals surface area contributed by atoms with Crippen molar-refractivity contribution < 1.29 is 31.8 Å². The Morgan fingerprint density at radius 1 is 1.12 bits per heavy atom. The first-order chi connectivity index (χ1) is 15.6. The van der Waals surface area contributed by atoms with Crippen LogP contribution in [0.2, 0.25) is 0 Å². The largest absolute Gasteiger partial charge is 0.503 e. The van der Waals surface area contributed by atoms with Gasteiger partial charge in [0.05, 0.1) is 29.8 Å². The third-order valence-corrected chi connectivity index (χ3v) is 6.67. The first-order valence-corrected chi connectivity index (χ1v) is 10.6. The van der Waals surface area contributed by atoms with Crippen LogP contribution in [0.3, 0.4) is 0 Å². The highest BCUT2D eigenvalue weighted by Crippen LogP contribution is 2.43. The van der Waals surface area contributed by atoms with Crippen LogP contribution in [-0.2, 0) is 18.0 Å². The predicted octanol–water partition coefficient (Wildman–Crippen LogP) is 4.79. The van der Waals surface area contributed by atoms with E-state index in [9.17, 15) is 27.1 Å². The first kappa shape index (κ1) is 21.9. The summed E-state index contributed by atoms with van der Waals surface area (Å²) in [6.45, 7) is 1.81. The molecule has 6 nitrogen and oxygen atoms in total. The Morgan fingerprint density at radius 3 is 2.55 bits per heavy atom. The van der Waals surface area contributed by atoms with Crippen LogP contribution < -0.4 is 4.90 Å². The van der Waals surface area contributed by atoms with Crippen LogP contribution in [0.1, 0.15) is 31.2 Å². The lowest BCUT2D eigenvalue weighted by Crippen LogP contribution is -2.55. The minimum atomic E-state index is -5.12. The molecule has 11 heteroatoms. The van der Waals surface area contributed by atoms with Gasteiger partial charge < -0.3 is 14.7 Å². The van der Waals surface area contributed by atoms with Crippen LogP contribution >= 0.6 is 0 Å². The lowest BCUT2D eigenvalue weighted by molar-refractivity contribution is -0.140. The van der Waals surface area contributed by atoms with E-state index < -0.39 is 34.7 Å². The van der Waals surface area contributed by atoms with Gasteiger partial charge in [0.2, 0.25) is 0 Å². The van der Waals surface area contributed by atoms with E-state index in [-0.39, 0.29) is 16.6 Å². The molecule has 0 atom stereocenters. The standard InChI is InChI=1S/C22H21F5N4O2/c1-30-15-9-16(31-6-7-33-11-21(31)4-2-3-5-21)28-10-13(15)19(29-30)12-8-14(22(25,26)27)18(24)20(32)17(12)23/h8-10,32H,2-7,11H2,1H3. The molecule has 0 bridgehead atoms. The molecule has 5 rings (SSSR count). The molecule has 1 aromatic carbocycles. The quantitative estimate of drug-likeness (QED) is 0.548. The molecule has 2 aliphatic rings. The lowest BCUT2D eigenvalue weighted by atomic mass is 9.94. The van der Waals surface area contributed by atoms with Crippen LogP contribution in [0.4, 0.5) is 27.8 Å². The molecule has 1 spiro atoms. The van der Waals surface area contributed by atoms with E-state index in [0.717, 1.165) is 25.7 Å². The second-order valence-electron chi connectivity index (χ2n) is 8.61.